The first-order valence-electron chi connectivity index (χ1n) is 11.0. The zero-order chi connectivity index (χ0) is 22.9. The van der Waals surface area contributed by atoms with Crippen LogP contribution in [0.5, 0.6) is 11.5 Å². The van der Waals surface area contributed by atoms with Crippen LogP contribution in [0.2, 0.25) is 0 Å². The van der Waals surface area contributed by atoms with E-state index in [1.165, 1.54) is 10.4 Å². The van der Waals surface area contributed by atoms with Crippen molar-refractivity contribution in [3.63, 3.8) is 0 Å². The molecule has 0 bridgehead atoms. The minimum Gasteiger partial charge on any atom is -0.493 e. The molecule has 1 aliphatic carbocycles. The second-order valence-electron chi connectivity index (χ2n) is 9.89. The Kier molecular flexibility index (Phi) is 7.01. The topological polar surface area (TPSA) is 73.6 Å². The van der Waals surface area contributed by atoms with Crippen LogP contribution in [0.15, 0.2) is 18.2 Å². The highest BCUT2D eigenvalue weighted by molar-refractivity contribution is 7.14. The first kappa shape index (κ1) is 23.6. The van der Waals surface area contributed by atoms with Crippen molar-refractivity contribution in [1.29, 1.82) is 0 Å². The largest absolute Gasteiger partial charge is 0.493 e. The molecule has 0 fully saturated rings. The van der Waals surface area contributed by atoms with Gasteiger partial charge in [0, 0.05) is 22.4 Å². The summed E-state index contributed by atoms with van der Waals surface area (Å²) in [7, 11) is 3.30. The Bertz CT molecular complexity index is 943. The molecule has 5 nitrogen and oxygen atoms in total. The summed E-state index contributed by atoms with van der Waals surface area (Å²) in [4.78, 5) is 15.3. The normalized spacial score (nSPS) is 18.6. The Balaban J connectivity index is 2.15. The summed E-state index contributed by atoms with van der Waals surface area (Å²) < 4.78 is 11.1. The maximum Gasteiger partial charge on any atom is 0.262 e. The molecule has 1 heterocycles. The monoisotopic (exact) mass is 444 g/mol. The lowest BCUT2D eigenvalue weighted by Gasteiger charge is -2.32. The summed E-state index contributed by atoms with van der Waals surface area (Å²) in [6.07, 6.45) is 2.70. The van der Waals surface area contributed by atoms with Gasteiger partial charge in [0.25, 0.3) is 5.91 Å². The molecule has 0 unspecified atom stereocenters. The van der Waals surface area contributed by atoms with Gasteiger partial charge in [-0.05, 0) is 80.8 Å². The third-order valence-electron chi connectivity index (χ3n) is 5.61. The number of fused-ring (bicyclic) bond motifs is 1. The van der Waals surface area contributed by atoms with E-state index in [-0.39, 0.29) is 23.4 Å². The van der Waals surface area contributed by atoms with Crippen LogP contribution >= 0.6 is 11.3 Å². The van der Waals surface area contributed by atoms with E-state index < -0.39 is 0 Å². The highest BCUT2D eigenvalue weighted by Gasteiger charge is 2.34. The fraction of sp³-hybridized carbons (Fsp3) is 0.560. The third kappa shape index (κ3) is 5.24. The molecule has 6 heteroatoms. The van der Waals surface area contributed by atoms with Crippen LogP contribution in [0.3, 0.4) is 0 Å². The van der Waals surface area contributed by atoms with E-state index in [1.54, 1.807) is 25.6 Å². The summed E-state index contributed by atoms with van der Waals surface area (Å²) >= 11 is 1.60. The Morgan fingerprint density at radius 1 is 1.16 bits per heavy atom. The zero-order valence-corrected chi connectivity index (χ0v) is 20.6. The smallest absolute Gasteiger partial charge is 0.262 e. The molecule has 3 rings (SSSR count). The molecule has 1 aromatic carbocycles. The molecule has 0 saturated carbocycles. The van der Waals surface area contributed by atoms with Gasteiger partial charge < -0.3 is 20.5 Å². The van der Waals surface area contributed by atoms with Crippen LogP contribution in [-0.4, -0.2) is 31.7 Å². The van der Waals surface area contributed by atoms with E-state index in [0.717, 1.165) is 41.0 Å². The minimum atomic E-state index is -0.306. The van der Waals surface area contributed by atoms with E-state index >= 15 is 0 Å². The van der Waals surface area contributed by atoms with Gasteiger partial charge in [-0.3, -0.25) is 4.79 Å². The molecule has 170 valence electrons. The van der Waals surface area contributed by atoms with Crippen LogP contribution in [-0.2, 0) is 12.8 Å². The number of benzene rings is 1. The van der Waals surface area contributed by atoms with Gasteiger partial charge >= 0.3 is 0 Å². The van der Waals surface area contributed by atoms with Crippen molar-refractivity contribution in [3.05, 3.63) is 44.6 Å². The van der Waals surface area contributed by atoms with Gasteiger partial charge in [0.1, 0.15) is 0 Å². The average molecular weight is 445 g/mol. The molecular formula is C25H36N2O3S. The number of carbonyl (C=O) groups excluding carboxylic acids is 1. The van der Waals surface area contributed by atoms with Crippen LogP contribution in [0.25, 0.3) is 0 Å². The first-order chi connectivity index (χ1) is 14.5. The van der Waals surface area contributed by atoms with Crippen LogP contribution in [0.1, 0.15) is 78.2 Å². The average Bonchev–Trinajstić information content (AvgIpc) is 3.08. The van der Waals surface area contributed by atoms with Crippen molar-refractivity contribution < 1.29 is 14.3 Å². The first-order valence-corrected chi connectivity index (χ1v) is 11.8. The molecule has 3 N–H and O–H groups in total. The van der Waals surface area contributed by atoms with Crippen LogP contribution in [0, 0.1) is 5.92 Å². The number of aryl methyl sites for hydroxylation is 1. The summed E-state index contributed by atoms with van der Waals surface area (Å²) in [5.74, 6) is 1.86. The van der Waals surface area contributed by atoms with E-state index in [9.17, 15) is 4.79 Å². The second kappa shape index (κ2) is 9.21. The van der Waals surface area contributed by atoms with Gasteiger partial charge in [-0.25, -0.2) is 0 Å². The van der Waals surface area contributed by atoms with Crippen LogP contribution in [0.4, 0.5) is 0 Å². The highest BCUT2D eigenvalue weighted by atomic mass is 32.1. The predicted molar refractivity (Wildman–Crippen MR) is 128 cm³/mol. The fourth-order valence-electron chi connectivity index (χ4n) is 4.33. The molecule has 2 atom stereocenters. The number of methoxy groups -OCH3 is 2. The predicted octanol–water partition coefficient (Wildman–Crippen LogP) is 4.90. The van der Waals surface area contributed by atoms with Crippen molar-refractivity contribution in [3.8, 4) is 11.5 Å². The third-order valence-corrected chi connectivity index (χ3v) is 6.78. The van der Waals surface area contributed by atoms with E-state index in [2.05, 4.69) is 31.3 Å². The molecule has 1 aliphatic rings. The number of carbonyl (C=O) groups is 1. The van der Waals surface area contributed by atoms with Gasteiger partial charge in [-0.15, -0.1) is 11.3 Å². The number of rotatable bonds is 6. The Labute approximate surface area is 190 Å². The van der Waals surface area contributed by atoms with Crippen molar-refractivity contribution in [2.45, 2.75) is 71.4 Å². The SMILES string of the molecule is COc1cc2c(cc1OC)[C@H](c1cc(CC(C)C)sc1C(=O)NC(C)(C)C)[C@@H](N)CC2. The number of ether oxygens (including phenoxy) is 2. The highest BCUT2D eigenvalue weighted by Crippen LogP contribution is 2.44. The maximum atomic E-state index is 13.3. The molecule has 1 amide bonds. The Morgan fingerprint density at radius 3 is 2.39 bits per heavy atom. The lowest BCUT2D eigenvalue weighted by molar-refractivity contribution is 0.0922. The van der Waals surface area contributed by atoms with Gasteiger partial charge in [0.15, 0.2) is 11.5 Å². The number of thiophene rings is 1. The molecular weight excluding hydrogens is 408 g/mol. The molecule has 0 spiro atoms. The fourth-order valence-corrected chi connectivity index (χ4v) is 5.64. The number of amides is 1. The lowest BCUT2D eigenvalue weighted by atomic mass is 9.75. The Morgan fingerprint density at radius 2 is 1.81 bits per heavy atom. The number of nitrogens with two attached hydrogens (primary N) is 1. The van der Waals surface area contributed by atoms with Gasteiger partial charge in [0.2, 0.25) is 0 Å². The summed E-state index contributed by atoms with van der Waals surface area (Å²) in [5.41, 5.74) is 9.77. The zero-order valence-electron chi connectivity index (χ0n) is 19.8. The molecule has 1 aromatic heterocycles. The number of hydrogen-bond acceptors (Lipinski definition) is 5. The standard InChI is InChI=1S/C25H36N2O3S/c1-14(2)10-16-12-18(23(31-16)24(28)27-25(3,4)5)22-17-13-21(30-7)20(29-6)11-15(17)8-9-19(22)26/h11-14,19,22H,8-10,26H2,1-7H3,(H,27,28)/t19-,22+/m0/s1. The number of nitrogens with one attached hydrogen (secondary N) is 1. The number of hydrogen-bond donors (Lipinski definition) is 2. The minimum absolute atomic E-state index is 0.0256. The van der Waals surface area contributed by atoms with Gasteiger partial charge in [-0.1, -0.05) is 13.8 Å². The van der Waals surface area contributed by atoms with E-state index in [0.29, 0.717) is 11.7 Å². The lowest BCUT2D eigenvalue weighted by Crippen LogP contribution is -2.41. The summed E-state index contributed by atoms with van der Waals surface area (Å²) in [6, 6.07) is 6.25. The quantitative estimate of drug-likeness (QED) is 0.665. The van der Waals surface area contributed by atoms with E-state index in [1.807, 2.05) is 26.8 Å². The van der Waals surface area contributed by atoms with Crippen molar-refractivity contribution in [1.82, 2.24) is 5.32 Å². The second-order valence-corrected chi connectivity index (χ2v) is 11.0. The van der Waals surface area contributed by atoms with Gasteiger partial charge in [0.05, 0.1) is 19.1 Å². The molecule has 2 aromatic rings. The summed E-state index contributed by atoms with van der Waals surface area (Å²) in [5, 5.41) is 3.15. The molecule has 0 aliphatic heterocycles. The Hall–Kier alpha value is -2.05. The molecule has 0 radical (unpaired) electrons. The van der Waals surface area contributed by atoms with Gasteiger partial charge in [-0.2, -0.15) is 0 Å². The maximum absolute atomic E-state index is 13.3. The van der Waals surface area contributed by atoms with Crippen LogP contribution < -0.4 is 20.5 Å². The van der Waals surface area contributed by atoms with E-state index in [4.69, 9.17) is 15.2 Å². The van der Waals surface area contributed by atoms with Crippen molar-refractivity contribution in [2.75, 3.05) is 14.2 Å². The van der Waals surface area contributed by atoms with Crippen molar-refractivity contribution in [2.24, 2.45) is 11.7 Å². The van der Waals surface area contributed by atoms with Crippen molar-refractivity contribution >= 4 is 17.2 Å². The molecule has 31 heavy (non-hydrogen) atoms. The molecule has 0 saturated heterocycles. The summed E-state index contributed by atoms with van der Waals surface area (Å²) in [6.45, 7) is 10.4.